The minimum absolute atomic E-state index is 0.0627. The highest BCUT2D eigenvalue weighted by molar-refractivity contribution is 7.10. The molecule has 2 aliphatic heterocycles. The molecule has 0 saturated carbocycles. The Morgan fingerprint density at radius 2 is 1.82 bits per heavy atom. The number of thiophene rings is 1. The quantitative estimate of drug-likeness (QED) is 0.534. The normalized spacial score (nSPS) is 19.9. The summed E-state index contributed by atoms with van der Waals surface area (Å²) in [5.41, 5.74) is 4.40. The van der Waals surface area contributed by atoms with Crippen LogP contribution >= 0.6 is 11.3 Å². The van der Waals surface area contributed by atoms with Gasteiger partial charge in [-0.2, -0.15) is 10.1 Å². The first-order chi connectivity index (χ1) is 13.9. The summed E-state index contributed by atoms with van der Waals surface area (Å²) in [7, 11) is 0. The van der Waals surface area contributed by atoms with Crippen molar-refractivity contribution in [3.8, 4) is 5.75 Å². The highest BCUT2D eigenvalue weighted by Gasteiger charge is 2.41. The van der Waals surface area contributed by atoms with Crippen LogP contribution in [0.5, 0.6) is 5.75 Å². The third-order valence-corrected chi connectivity index (χ3v) is 6.16. The van der Waals surface area contributed by atoms with E-state index in [0.29, 0.717) is 0 Å². The maximum Gasteiger partial charge on any atom is 0.226 e. The number of nitrogens with one attached hydrogen (secondary N) is 1. The van der Waals surface area contributed by atoms with Gasteiger partial charge in [0.05, 0.1) is 5.70 Å². The van der Waals surface area contributed by atoms with Gasteiger partial charge >= 0.3 is 0 Å². The molecule has 0 aliphatic carbocycles. The van der Waals surface area contributed by atoms with Crippen LogP contribution in [0.4, 0.5) is 5.95 Å². The molecular weight excluding hydrogens is 368 g/mol. The van der Waals surface area contributed by atoms with Gasteiger partial charge in [0.2, 0.25) is 5.95 Å². The molecular formula is C22H16N4OS. The maximum absolute atomic E-state index is 6.55. The summed E-state index contributed by atoms with van der Waals surface area (Å²) in [4.78, 5) is 5.66. The van der Waals surface area contributed by atoms with Crippen LogP contribution in [0.3, 0.4) is 0 Å². The zero-order chi connectivity index (χ0) is 18.5. The first kappa shape index (κ1) is 15.7. The molecule has 4 heterocycles. The predicted molar refractivity (Wildman–Crippen MR) is 109 cm³/mol. The highest BCUT2D eigenvalue weighted by atomic mass is 32.1. The van der Waals surface area contributed by atoms with Gasteiger partial charge in [-0.3, -0.25) is 0 Å². The van der Waals surface area contributed by atoms with Crippen LogP contribution in [0, 0.1) is 0 Å². The predicted octanol–water partition coefficient (Wildman–Crippen LogP) is 4.90. The summed E-state index contributed by atoms with van der Waals surface area (Å²) in [6.07, 6.45) is 1.40. The molecule has 28 heavy (non-hydrogen) atoms. The van der Waals surface area contributed by atoms with Crippen LogP contribution in [0.25, 0.3) is 5.70 Å². The second kappa shape index (κ2) is 6.07. The number of fused-ring (bicyclic) bond motifs is 3. The van der Waals surface area contributed by atoms with Gasteiger partial charge in [-0.15, -0.1) is 11.3 Å². The van der Waals surface area contributed by atoms with Crippen molar-refractivity contribution < 1.29 is 4.74 Å². The lowest BCUT2D eigenvalue weighted by Crippen LogP contribution is -2.32. The Hall–Kier alpha value is -3.38. The molecule has 1 N–H and O–H groups in total. The van der Waals surface area contributed by atoms with Gasteiger partial charge in [0, 0.05) is 16.0 Å². The lowest BCUT2D eigenvalue weighted by Gasteiger charge is -2.38. The first-order valence-corrected chi connectivity index (χ1v) is 10.0. The van der Waals surface area contributed by atoms with E-state index in [0.717, 1.165) is 34.1 Å². The number of hydrogen-bond donors (Lipinski definition) is 1. The molecule has 0 saturated heterocycles. The van der Waals surface area contributed by atoms with Crippen LogP contribution in [-0.2, 0) is 0 Å². The molecule has 0 fully saturated rings. The molecule has 0 bridgehead atoms. The summed E-state index contributed by atoms with van der Waals surface area (Å²) < 4.78 is 8.51. The molecule has 136 valence electrons. The Morgan fingerprint density at radius 3 is 2.68 bits per heavy atom. The van der Waals surface area contributed by atoms with Crippen molar-refractivity contribution in [1.29, 1.82) is 0 Å². The molecule has 6 heteroatoms. The minimum atomic E-state index is -0.206. The van der Waals surface area contributed by atoms with Gasteiger partial charge in [0.1, 0.15) is 24.2 Å². The van der Waals surface area contributed by atoms with Crippen LogP contribution in [0.1, 0.15) is 28.1 Å². The standard InChI is InChI=1S/C22H16N4OS/c1-2-7-14(8-3-1)21-18-19(15-9-4-5-10-16(15)27-21)25-22-23-13-24-26(22)20(18)17-11-6-12-28-17/h1-13,20-21H,(H,23,24,25)/t20-,21+/m0/s1. The lowest BCUT2D eigenvalue weighted by atomic mass is 9.87. The zero-order valence-electron chi connectivity index (χ0n) is 14.8. The number of aromatic nitrogens is 3. The summed E-state index contributed by atoms with van der Waals surface area (Å²) in [5, 5.41) is 10.2. The second-order valence-electron chi connectivity index (χ2n) is 6.81. The van der Waals surface area contributed by atoms with Crippen molar-refractivity contribution in [3.05, 3.63) is 100 Å². The summed E-state index contributed by atoms with van der Waals surface area (Å²) in [6.45, 7) is 0. The van der Waals surface area contributed by atoms with Gasteiger partial charge in [-0.25, -0.2) is 4.68 Å². The SMILES string of the molecule is c1ccc([C@H]2Oc3ccccc3C3=C2[C@H](c2cccs2)n2ncnc2N3)cc1. The zero-order valence-corrected chi connectivity index (χ0v) is 15.6. The molecule has 2 aliphatic rings. The van der Waals surface area contributed by atoms with Crippen LogP contribution in [-0.4, -0.2) is 14.8 Å². The fourth-order valence-electron chi connectivity index (χ4n) is 4.04. The Morgan fingerprint density at radius 1 is 0.964 bits per heavy atom. The Bertz CT molecular complexity index is 1180. The van der Waals surface area contributed by atoms with Crippen molar-refractivity contribution in [2.75, 3.05) is 5.32 Å². The van der Waals surface area contributed by atoms with Crippen LogP contribution in [0.2, 0.25) is 0 Å². The van der Waals surface area contributed by atoms with Gasteiger partial charge in [0.15, 0.2) is 0 Å². The molecule has 0 amide bonds. The second-order valence-corrected chi connectivity index (χ2v) is 7.79. The van der Waals surface area contributed by atoms with Gasteiger partial charge < -0.3 is 10.1 Å². The Kier molecular flexibility index (Phi) is 3.39. The number of anilines is 1. The molecule has 2 aromatic carbocycles. The lowest BCUT2D eigenvalue weighted by molar-refractivity contribution is 0.223. The Labute approximate surface area is 165 Å². The van der Waals surface area contributed by atoms with Gasteiger partial charge in [-0.05, 0) is 29.1 Å². The number of nitrogens with zero attached hydrogens (tertiary/aromatic N) is 3. The van der Waals surface area contributed by atoms with E-state index in [1.54, 1.807) is 17.7 Å². The fourth-order valence-corrected chi connectivity index (χ4v) is 4.87. The van der Waals surface area contributed by atoms with E-state index < -0.39 is 0 Å². The number of ether oxygens (including phenoxy) is 1. The third-order valence-electron chi connectivity index (χ3n) is 5.24. The number of rotatable bonds is 2. The summed E-state index contributed by atoms with van der Waals surface area (Å²) in [6, 6.07) is 22.7. The fraction of sp³-hybridized carbons (Fsp3) is 0.0909. The van der Waals surface area contributed by atoms with Crippen LogP contribution < -0.4 is 10.1 Å². The van der Waals surface area contributed by atoms with E-state index in [2.05, 4.69) is 63.2 Å². The largest absolute Gasteiger partial charge is 0.480 e. The number of hydrogen-bond acceptors (Lipinski definition) is 5. The summed E-state index contributed by atoms with van der Waals surface area (Å²) >= 11 is 1.72. The molecule has 6 rings (SSSR count). The summed E-state index contributed by atoms with van der Waals surface area (Å²) in [5.74, 6) is 1.63. The molecule has 2 atom stereocenters. The average molecular weight is 384 g/mol. The van der Waals surface area contributed by atoms with E-state index >= 15 is 0 Å². The van der Waals surface area contributed by atoms with Crippen molar-refractivity contribution in [2.24, 2.45) is 0 Å². The van der Waals surface area contributed by atoms with E-state index in [1.165, 1.54) is 4.88 Å². The van der Waals surface area contributed by atoms with Gasteiger partial charge in [0.25, 0.3) is 0 Å². The number of para-hydroxylation sites is 1. The molecule has 2 aromatic heterocycles. The van der Waals surface area contributed by atoms with E-state index in [-0.39, 0.29) is 12.1 Å². The molecule has 0 radical (unpaired) electrons. The van der Waals surface area contributed by atoms with Crippen molar-refractivity contribution in [2.45, 2.75) is 12.1 Å². The van der Waals surface area contributed by atoms with Crippen molar-refractivity contribution in [1.82, 2.24) is 14.8 Å². The monoisotopic (exact) mass is 384 g/mol. The van der Waals surface area contributed by atoms with E-state index in [4.69, 9.17) is 4.74 Å². The Balaban J connectivity index is 1.65. The molecule has 5 nitrogen and oxygen atoms in total. The van der Waals surface area contributed by atoms with Crippen LogP contribution in [0.15, 0.2) is 84.0 Å². The third kappa shape index (κ3) is 2.25. The molecule has 4 aromatic rings. The smallest absolute Gasteiger partial charge is 0.226 e. The van der Waals surface area contributed by atoms with Crippen molar-refractivity contribution in [3.63, 3.8) is 0 Å². The van der Waals surface area contributed by atoms with E-state index in [1.807, 2.05) is 28.9 Å². The molecule has 0 spiro atoms. The topological polar surface area (TPSA) is 52.0 Å². The average Bonchev–Trinajstić information content (AvgIpc) is 3.44. The van der Waals surface area contributed by atoms with Gasteiger partial charge in [-0.1, -0.05) is 48.5 Å². The number of benzene rings is 2. The first-order valence-electron chi connectivity index (χ1n) is 9.15. The van der Waals surface area contributed by atoms with E-state index in [9.17, 15) is 0 Å². The van der Waals surface area contributed by atoms with Crippen molar-refractivity contribution >= 4 is 23.0 Å². The minimum Gasteiger partial charge on any atom is -0.480 e. The highest BCUT2D eigenvalue weighted by Crippen LogP contribution is 2.50. The molecule has 0 unspecified atom stereocenters. The maximum atomic E-state index is 6.55.